The van der Waals surface area contributed by atoms with Gasteiger partial charge in [0, 0.05) is 17.1 Å². The third-order valence-corrected chi connectivity index (χ3v) is 2.85. The van der Waals surface area contributed by atoms with E-state index in [4.69, 9.17) is 0 Å². The van der Waals surface area contributed by atoms with Gasteiger partial charge in [-0.3, -0.25) is 0 Å². The van der Waals surface area contributed by atoms with E-state index in [0.717, 1.165) is 19.1 Å². The first kappa shape index (κ1) is 21.0. The van der Waals surface area contributed by atoms with Crippen molar-refractivity contribution in [1.82, 2.24) is 0 Å². The normalized spacial score (nSPS) is 16.2. The fourth-order valence-electron chi connectivity index (χ4n) is 1.46. The fourth-order valence-corrected chi connectivity index (χ4v) is 1.46. The lowest BCUT2D eigenvalue weighted by Gasteiger charge is -2.14. The molecule has 0 aromatic heterocycles. The van der Waals surface area contributed by atoms with E-state index in [9.17, 15) is 26.3 Å². The van der Waals surface area contributed by atoms with E-state index >= 15 is 0 Å². The van der Waals surface area contributed by atoms with Crippen LogP contribution in [0.3, 0.4) is 0 Å². The standard InChI is InChI=1S/C17H18F6/c1-5-7-8-14(6-2)15(11-13(4)17(21,22)23)10-9-12(3)16(18,19)20/h5-11,15H,2-3H2,1,4H3/b7-5+,10-9?,13-11+,14-8+. The number of alkyl halides is 6. The molecule has 23 heavy (non-hydrogen) atoms. The van der Waals surface area contributed by atoms with Gasteiger partial charge in [-0.15, -0.1) is 0 Å². The third-order valence-electron chi connectivity index (χ3n) is 2.85. The predicted octanol–water partition coefficient (Wildman–Crippen LogP) is 6.47. The highest BCUT2D eigenvalue weighted by Gasteiger charge is 2.31. The van der Waals surface area contributed by atoms with Crippen LogP contribution in [-0.2, 0) is 0 Å². The first-order valence-electron chi connectivity index (χ1n) is 6.58. The summed E-state index contributed by atoms with van der Waals surface area (Å²) in [4.78, 5) is 0. The van der Waals surface area contributed by atoms with Crippen LogP contribution in [0.5, 0.6) is 0 Å². The molecule has 0 bridgehead atoms. The van der Waals surface area contributed by atoms with Gasteiger partial charge < -0.3 is 0 Å². The second-order valence-electron chi connectivity index (χ2n) is 4.65. The molecule has 0 rings (SSSR count). The summed E-state index contributed by atoms with van der Waals surface area (Å²) in [6.45, 7) is 8.90. The maximum absolute atomic E-state index is 12.7. The van der Waals surface area contributed by atoms with Gasteiger partial charge in [-0.05, 0) is 19.4 Å². The van der Waals surface area contributed by atoms with Crippen LogP contribution in [0.2, 0.25) is 0 Å². The van der Waals surface area contributed by atoms with Gasteiger partial charge in [0.25, 0.3) is 0 Å². The van der Waals surface area contributed by atoms with Crippen molar-refractivity contribution in [1.29, 1.82) is 0 Å². The second-order valence-corrected chi connectivity index (χ2v) is 4.65. The van der Waals surface area contributed by atoms with Gasteiger partial charge in [-0.1, -0.05) is 55.7 Å². The Morgan fingerprint density at radius 3 is 2.00 bits per heavy atom. The van der Waals surface area contributed by atoms with Crippen molar-refractivity contribution in [3.8, 4) is 0 Å². The Kier molecular flexibility index (Phi) is 7.86. The molecule has 0 saturated carbocycles. The van der Waals surface area contributed by atoms with E-state index in [2.05, 4.69) is 13.2 Å². The molecule has 0 N–H and O–H groups in total. The summed E-state index contributed by atoms with van der Waals surface area (Å²) in [5, 5.41) is 0. The minimum Gasteiger partial charge on any atom is -0.167 e. The topological polar surface area (TPSA) is 0 Å². The van der Waals surface area contributed by atoms with Gasteiger partial charge in [0.1, 0.15) is 0 Å². The predicted molar refractivity (Wildman–Crippen MR) is 80.7 cm³/mol. The molecule has 1 atom stereocenters. The van der Waals surface area contributed by atoms with Crippen molar-refractivity contribution < 1.29 is 26.3 Å². The van der Waals surface area contributed by atoms with Crippen molar-refractivity contribution in [3.63, 3.8) is 0 Å². The minimum atomic E-state index is -4.63. The lowest BCUT2D eigenvalue weighted by molar-refractivity contribution is -0.0919. The molecule has 0 heterocycles. The summed E-state index contributed by atoms with van der Waals surface area (Å²) in [5.41, 5.74) is -1.72. The third kappa shape index (κ3) is 7.72. The van der Waals surface area contributed by atoms with Gasteiger partial charge in [0.05, 0.1) is 0 Å². The van der Waals surface area contributed by atoms with Gasteiger partial charge in [0.15, 0.2) is 0 Å². The fraction of sp³-hybridized carbons (Fsp3) is 0.294. The quantitative estimate of drug-likeness (QED) is 0.296. The molecule has 0 nitrogen and oxygen atoms in total. The zero-order chi connectivity index (χ0) is 18.3. The van der Waals surface area contributed by atoms with Crippen molar-refractivity contribution in [2.45, 2.75) is 26.2 Å². The largest absolute Gasteiger partial charge is 0.415 e. The van der Waals surface area contributed by atoms with Crippen LogP contribution >= 0.6 is 0 Å². The summed E-state index contributed by atoms with van der Waals surface area (Å²) in [6.07, 6.45) is -0.682. The van der Waals surface area contributed by atoms with Gasteiger partial charge >= 0.3 is 12.4 Å². The molecular formula is C17H18F6. The number of hydrogen-bond acceptors (Lipinski definition) is 0. The average molecular weight is 336 g/mol. The number of allylic oxidation sites excluding steroid dienone is 10. The van der Waals surface area contributed by atoms with Gasteiger partial charge in [-0.2, -0.15) is 26.3 Å². The van der Waals surface area contributed by atoms with E-state index < -0.39 is 29.4 Å². The molecule has 0 aromatic carbocycles. The van der Waals surface area contributed by atoms with E-state index in [1.807, 2.05) is 0 Å². The van der Waals surface area contributed by atoms with E-state index in [0.29, 0.717) is 11.6 Å². The molecule has 0 saturated heterocycles. The maximum Gasteiger partial charge on any atom is 0.415 e. The molecule has 0 radical (unpaired) electrons. The Bertz CT molecular complexity index is 538. The van der Waals surface area contributed by atoms with Crippen LogP contribution in [0.4, 0.5) is 26.3 Å². The number of rotatable bonds is 6. The highest BCUT2D eigenvalue weighted by atomic mass is 19.4. The molecule has 0 aliphatic carbocycles. The Balaban J connectivity index is 5.78. The van der Waals surface area contributed by atoms with Crippen molar-refractivity contribution in [2.75, 3.05) is 0 Å². The molecular weight excluding hydrogens is 318 g/mol. The summed E-state index contributed by atoms with van der Waals surface area (Å²) >= 11 is 0. The average Bonchev–Trinajstić information content (AvgIpc) is 2.42. The summed E-state index contributed by atoms with van der Waals surface area (Å²) in [5.74, 6) is -1.01. The summed E-state index contributed by atoms with van der Waals surface area (Å²) in [6, 6.07) is 0. The number of halogens is 6. The highest BCUT2D eigenvalue weighted by molar-refractivity contribution is 5.35. The summed E-state index contributed by atoms with van der Waals surface area (Å²) < 4.78 is 75.3. The Labute approximate surface area is 131 Å². The lowest BCUT2D eigenvalue weighted by atomic mass is 9.94. The van der Waals surface area contributed by atoms with Crippen LogP contribution in [0.25, 0.3) is 0 Å². The molecule has 0 fully saturated rings. The zero-order valence-electron chi connectivity index (χ0n) is 12.8. The number of hydrogen-bond donors (Lipinski definition) is 0. The second kappa shape index (κ2) is 8.60. The van der Waals surface area contributed by atoms with Crippen molar-refractivity contribution in [2.24, 2.45) is 5.92 Å². The van der Waals surface area contributed by atoms with E-state index in [1.165, 1.54) is 12.2 Å². The van der Waals surface area contributed by atoms with Crippen LogP contribution < -0.4 is 0 Å². The van der Waals surface area contributed by atoms with Gasteiger partial charge in [0.2, 0.25) is 0 Å². The summed E-state index contributed by atoms with van der Waals surface area (Å²) in [7, 11) is 0. The maximum atomic E-state index is 12.7. The smallest absolute Gasteiger partial charge is 0.167 e. The molecule has 1 unspecified atom stereocenters. The first-order valence-corrected chi connectivity index (χ1v) is 6.58. The van der Waals surface area contributed by atoms with Crippen LogP contribution in [0.15, 0.2) is 72.4 Å². The molecule has 0 amide bonds. The van der Waals surface area contributed by atoms with E-state index in [1.54, 1.807) is 19.1 Å². The molecule has 0 aliphatic rings. The highest BCUT2D eigenvalue weighted by Crippen LogP contribution is 2.30. The van der Waals surface area contributed by atoms with E-state index in [-0.39, 0.29) is 0 Å². The molecule has 0 spiro atoms. The molecule has 0 aromatic rings. The monoisotopic (exact) mass is 336 g/mol. The zero-order valence-corrected chi connectivity index (χ0v) is 12.8. The van der Waals surface area contributed by atoms with Crippen LogP contribution in [0.1, 0.15) is 13.8 Å². The van der Waals surface area contributed by atoms with Gasteiger partial charge in [-0.25, -0.2) is 0 Å². The molecule has 0 aliphatic heterocycles. The Morgan fingerprint density at radius 1 is 1.04 bits per heavy atom. The first-order chi connectivity index (χ1) is 10.4. The van der Waals surface area contributed by atoms with Crippen LogP contribution in [0, 0.1) is 5.92 Å². The lowest BCUT2D eigenvalue weighted by Crippen LogP contribution is -2.12. The Hall–Kier alpha value is -1.98. The SMILES string of the molecule is C=C/C(=C\C=C\C)C(C=CC(=C)C(F)(F)F)/C=C(\C)C(F)(F)F. The minimum absolute atomic E-state index is 0.331. The van der Waals surface area contributed by atoms with Crippen LogP contribution in [-0.4, -0.2) is 12.4 Å². The van der Waals surface area contributed by atoms with Crippen molar-refractivity contribution >= 4 is 0 Å². The molecule has 128 valence electrons. The molecule has 6 heteroatoms. The van der Waals surface area contributed by atoms with Crippen molar-refractivity contribution in [3.05, 3.63) is 72.4 Å². The Morgan fingerprint density at radius 2 is 1.61 bits per heavy atom.